The third-order valence-electron chi connectivity index (χ3n) is 4.51. The van der Waals surface area contributed by atoms with Crippen molar-refractivity contribution in [2.45, 2.75) is 59.9 Å². The van der Waals surface area contributed by atoms with Gasteiger partial charge in [-0.1, -0.05) is 37.3 Å². The van der Waals surface area contributed by atoms with E-state index in [-0.39, 0.29) is 12.0 Å². The van der Waals surface area contributed by atoms with E-state index < -0.39 is 0 Å². The molecule has 4 heteroatoms. The molecule has 0 heterocycles. The molecule has 0 aliphatic heterocycles. The summed E-state index contributed by atoms with van der Waals surface area (Å²) in [5.74, 6) is 0.744. The second-order valence-corrected chi connectivity index (χ2v) is 7.31. The third kappa shape index (κ3) is 6.40. The molecule has 1 N–H and O–H groups in total. The lowest BCUT2D eigenvalue weighted by Crippen LogP contribution is -2.30. The number of nitrogens with one attached hydrogen (secondary N) is 1. The summed E-state index contributed by atoms with van der Waals surface area (Å²) in [5.41, 5.74) is 2.87. The van der Waals surface area contributed by atoms with Crippen molar-refractivity contribution >= 4 is 5.91 Å². The Balaban J connectivity index is 1.97. The van der Waals surface area contributed by atoms with Crippen LogP contribution < -0.4 is 10.1 Å². The number of hydrogen-bond donors (Lipinski definition) is 1. The van der Waals surface area contributed by atoms with Crippen LogP contribution in [0.15, 0.2) is 48.5 Å². The molecule has 0 aliphatic carbocycles. The van der Waals surface area contributed by atoms with E-state index in [0.29, 0.717) is 18.2 Å². The fourth-order valence-electron chi connectivity index (χ4n) is 2.95. The number of ether oxygens (including phenoxy) is 1. The number of para-hydroxylation sites is 1. The second-order valence-electron chi connectivity index (χ2n) is 7.31. The molecular formula is C23H32N2O2. The number of rotatable bonds is 9. The van der Waals surface area contributed by atoms with Crippen molar-refractivity contribution in [2.75, 3.05) is 6.54 Å². The van der Waals surface area contributed by atoms with Gasteiger partial charge in [0.15, 0.2) is 0 Å². The summed E-state index contributed by atoms with van der Waals surface area (Å²) in [7, 11) is 0. The average Bonchev–Trinajstić information content (AvgIpc) is 2.65. The van der Waals surface area contributed by atoms with Crippen LogP contribution in [-0.2, 0) is 13.1 Å². The Morgan fingerprint density at radius 2 is 1.70 bits per heavy atom. The summed E-state index contributed by atoms with van der Waals surface area (Å²) in [6.07, 6.45) is 0.0999. The summed E-state index contributed by atoms with van der Waals surface area (Å²) in [4.78, 5) is 14.9. The topological polar surface area (TPSA) is 41.6 Å². The summed E-state index contributed by atoms with van der Waals surface area (Å²) < 4.78 is 5.81. The first-order valence-corrected chi connectivity index (χ1v) is 9.76. The number of amides is 1. The zero-order valence-corrected chi connectivity index (χ0v) is 17.2. The van der Waals surface area contributed by atoms with Crippen LogP contribution >= 0.6 is 0 Å². The van der Waals surface area contributed by atoms with Crippen molar-refractivity contribution < 1.29 is 9.53 Å². The zero-order valence-electron chi connectivity index (χ0n) is 17.2. The van der Waals surface area contributed by atoms with Crippen LogP contribution in [0.5, 0.6) is 5.75 Å². The molecule has 0 unspecified atom stereocenters. The first kappa shape index (κ1) is 21.0. The van der Waals surface area contributed by atoms with Crippen molar-refractivity contribution in [1.29, 1.82) is 0 Å². The number of hydrogen-bond acceptors (Lipinski definition) is 3. The van der Waals surface area contributed by atoms with E-state index in [2.05, 4.69) is 31.0 Å². The number of benzene rings is 2. The van der Waals surface area contributed by atoms with Gasteiger partial charge in [-0.15, -0.1) is 0 Å². The van der Waals surface area contributed by atoms with E-state index >= 15 is 0 Å². The molecule has 1 amide bonds. The lowest BCUT2D eigenvalue weighted by Gasteiger charge is -2.24. The number of carbonyl (C=O) groups is 1. The summed E-state index contributed by atoms with van der Waals surface area (Å²) in [6.45, 7) is 12.9. The van der Waals surface area contributed by atoms with Gasteiger partial charge in [-0.3, -0.25) is 9.69 Å². The van der Waals surface area contributed by atoms with Gasteiger partial charge in [0.25, 0.3) is 5.91 Å². The van der Waals surface area contributed by atoms with Crippen molar-refractivity contribution in [3.63, 3.8) is 0 Å². The molecule has 146 valence electrons. The summed E-state index contributed by atoms with van der Waals surface area (Å²) in [5, 5.41) is 2.99. The Kier molecular flexibility index (Phi) is 7.86. The summed E-state index contributed by atoms with van der Waals surface area (Å²) >= 11 is 0. The van der Waals surface area contributed by atoms with E-state index in [0.717, 1.165) is 24.4 Å². The molecule has 2 aromatic rings. The Bertz CT molecular complexity index is 723. The summed E-state index contributed by atoms with van der Waals surface area (Å²) in [6, 6.07) is 16.2. The van der Waals surface area contributed by atoms with Gasteiger partial charge in [-0.25, -0.2) is 0 Å². The van der Waals surface area contributed by atoms with Crippen molar-refractivity contribution in [1.82, 2.24) is 10.2 Å². The molecule has 2 rings (SSSR count). The molecule has 0 bridgehead atoms. The van der Waals surface area contributed by atoms with Crippen LogP contribution in [0.4, 0.5) is 0 Å². The van der Waals surface area contributed by atoms with Crippen LogP contribution in [0.25, 0.3) is 0 Å². The molecule has 0 fully saturated rings. The maximum Gasteiger partial charge on any atom is 0.251 e. The monoisotopic (exact) mass is 368 g/mol. The largest absolute Gasteiger partial charge is 0.491 e. The minimum absolute atomic E-state index is 0.0721. The number of nitrogens with zero attached hydrogens (tertiary/aromatic N) is 1. The standard InChI is InChI=1S/C23H32N2O2/c1-6-25(17(2)3)16-19-11-13-20(14-12-19)23(26)24-15-21-9-7-8-10-22(21)27-18(4)5/h7-14,17-18H,6,15-16H2,1-5H3,(H,24,26). The third-order valence-corrected chi connectivity index (χ3v) is 4.51. The van der Waals surface area contributed by atoms with Crippen LogP contribution in [0, 0.1) is 0 Å². The molecule has 0 saturated carbocycles. The molecule has 0 aromatic heterocycles. The van der Waals surface area contributed by atoms with Crippen LogP contribution in [-0.4, -0.2) is 29.5 Å². The highest BCUT2D eigenvalue weighted by Gasteiger charge is 2.11. The van der Waals surface area contributed by atoms with Crippen molar-refractivity contribution in [2.24, 2.45) is 0 Å². The number of carbonyl (C=O) groups excluding carboxylic acids is 1. The fraction of sp³-hybridized carbons (Fsp3) is 0.435. The highest BCUT2D eigenvalue weighted by atomic mass is 16.5. The minimum atomic E-state index is -0.0721. The Labute approximate surface area is 163 Å². The van der Waals surface area contributed by atoms with E-state index in [9.17, 15) is 4.79 Å². The Morgan fingerprint density at radius 3 is 2.30 bits per heavy atom. The first-order chi connectivity index (χ1) is 12.9. The zero-order chi connectivity index (χ0) is 19.8. The van der Waals surface area contributed by atoms with Gasteiger partial charge in [0.2, 0.25) is 0 Å². The van der Waals surface area contributed by atoms with Gasteiger partial charge in [0.1, 0.15) is 5.75 Å². The lowest BCUT2D eigenvalue weighted by molar-refractivity contribution is 0.0950. The normalized spacial score (nSPS) is 11.3. The van der Waals surface area contributed by atoms with Gasteiger partial charge in [-0.05, 0) is 58.0 Å². The van der Waals surface area contributed by atoms with Gasteiger partial charge >= 0.3 is 0 Å². The predicted octanol–water partition coefficient (Wildman–Crippen LogP) is 4.63. The smallest absolute Gasteiger partial charge is 0.251 e. The molecule has 0 saturated heterocycles. The van der Waals surface area contributed by atoms with E-state index in [1.165, 1.54) is 5.56 Å². The Morgan fingerprint density at radius 1 is 1.04 bits per heavy atom. The fourth-order valence-corrected chi connectivity index (χ4v) is 2.95. The quantitative estimate of drug-likeness (QED) is 0.701. The van der Waals surface area contributed by atoms with E-state index in [1.54, 1.807) is 0 Å². The maximum atomic E-state index is 12.5. The van der Waals surface area contributed by atoms with Crippen molar-refractivity contribution in [3.8, 4) is 5.75 Å². The SMILES string of the molecule is CCN(Cc1ccc(C(=O)NCc2ccccc2OC(C)C)cc1)C(C)C. The molecule has 27 heavy (non-hydrogen) atoms. The van der Waals surface area contributed by atoms with Gasteiger partial charge in [0, 0.05) is 30.3 Å². The molecule has 0 aliphatic rings. The maximum absolute atomic E-state index is 12.5. The molecule has 2 aromatic carbocycles. The lowest BCUT2D eigenvalue weighted by atomic mass is 10.1. The highest BCUT2D eigenvalue weighted by molar-refractivity contribution is 5.94. The minimum Gasteiger partial charge on any atom is -0.491 e. The molecular weight excluding hydrogens is 336 g/mol. The van der Waals surface area contributed by atoms with Gasteiger partial charge in [0.05, 0.1) is 6.10 Å². The van der Waals surface area contributed by atoms with Crippen LogP contribution in [0.3, 0.4) is 0 Å². The molecule has 0 radical (unpaired) electrons. The molecule has 4 nitrogen and oxygen atoms in total. The van der Waals surface area contributed by atoms with E-state index in [4.69, 9.17) is 4.74 Å². The first-order valence-electron chi connectivity index (χ1n) is 9.76. The predicted molar refractivity (Wildman–Crippen MR) is 111 cm³/mol. The van der Waals surface area contributed by atoms with Crippen LogP contribution in [0.1, 0.15) is 56.1 Å². The average molecular weight is 369 g/mol. The van der Waals surface area contributed by atoms with Crippen molar-refractivity contribution in [3.05, 3.63) is 65.2 Å². The molecule has 0 spiro atoms. The second kappa shape index (κ2) is 10.1. The highest BCUT2D eigenvalue weighted by Crippen LogP contribution is 2.19. The molecule has 0 atom stereocenters. The van der Waals surface area contributed by atoms with E-state index in [1.807, 2.05) is 62.4 Å². The Hall–Kier alpha value is -2.33. The van der Waals surface area contributed by atoms with Crippen LogP contribution in [0.2, 0.25) is 0 Å². The van der Waals surface area contributed by atoms with Gasteiger partial charge < -0.3 is 10.1 Å². The van der Waals surface area contributed by atoms with Gasteiger partial charge in [-0.2, -0.15) is 0 Å².